The Labute approximate surface area is 111 Å². The van der Waals surface area contributed by atoms with Gasteiger partial charge in [-0.1, -0.05) is 38.1 Å². The van der Waals surface area contributed by atoms with Crippen molar-refractivity contribution in [2.45, 2.75) is 45.1 Å². The molecule has 1 aromatic rings. The maximum Gasteiger partial charge on any atom is 0.00915 e. The van der Waals surface area contributed by atoms with Crippen LogP contribution in [0.15, 0.2) is 24.3 Å². The van der Waals surface area contributed by atoms with Gasteiger partial charge in [0, 0.05) is 18.0 Å². The minimum Gasteiger partial charge on any atom is -0.317 e. The molecule has 0 unspecified atom stereocenters. The zero-order valence-electron chi connectivity index (χ0n) is 11.9. The Kier molecular flexibility index (Phi) is 4.41. The number of nitrogens with one attached hydrogen (secondary N) is 2. The van der Waals surface area contributed by atoms with Crippen LogP contribution in [0.4, 0.5) is 0 Å². The summed E-state index contributed by atoms with van der Waals surface area (Å²) in [7, 11) is 0. The molecule has 1 fully saturated rings. The van der Waals surface area contributed by atoms with Gasteiger partial charge in [0.05, 0.1) is 0 Å². The molecule has 2 N–H and O–H groups in total. The number of aryl methyl sites for hydroxylation is 1. The lowest BCUT2D eigenvalue weighted by Gasteiger charge is -2.31. The summed E-state index contributed by atoms with van der Waals surface area (Å²) in [5.41, 5.74) is 3.07. The molecular formula is C16H26N2. The molecule has 2 heteroatoms. The Hall–Kier alpha value is -0.860. The van der Waals surface area contributed by atoms with Gasteiger partial charge in [0.25, 0.3) is 0 Å². The summed E-state index contributed by atoms with van der Waals surface area (Å²) in [4.78, 5) is 0. The summed E-state index contributed by atoms with van der Waals surface area (Å²) in [6.45, 7) is 10.3. The number of hydrogen-bond acceptors (Lipinski definition) is 2. The van der Waals surface area contributed by atoms with E-state index < -0.39 is 0 Å². The third kappa shape index (κ3) is 3.33. The fourth-order valence-electron chi connectivity index (χ4n) is 2.85. The fourth-order valence-corrected chi connectivity index (χ4v) is 2.85. The molecule has 1 heterocycles. The van der Waals surface area contributed by atoms with Crippen LogP contribution in [0, 0.1) is 6.92 Å². The topological polar surface area (TPSA) is 24.1 Å². The number of rotatable bonds is 4. The van der Waals surface area contributed by atoms with Gasteiger partial charge in [0.2, 0.25) is 0 Å². The maximum atomic E-state index is 3.75. The first-order chi connectivity index (χ1) is 8.59. The van der Waals surface area contributed by atoms with E-state index in [1.807, 2.05) is 0 Å². The summed E-state index contributed by atoms with van der Waals surface area (Å²) in [6, 6.07) is 9.43. The predicted molar refractivity (Wildman–Crippen MR) is 78.1 cm³/mol. The van der Waals surface area contributed by atoms with Crippen molar-refractivity contribution in [1.82, 2.24) is 10.6 Å². The lowest BCUT2D eigenvalue weighted by atomic mass is 9.81. The van der Waals surface area contributed by atoms with Crippen molar-refractivity contribution >= 4 is 0 Å². The molecule has 2 rings (SSSR count). The molecule has 0 amide bonds. The van der Waals surface area contributed by atoms with E-state index in [1.165, 1.54) is 24.0 Å². The van der Waals surface area contributed by atoms with Gasteiger partial charge in [-0.2, -0.15) is 0 Å². The molecule has 18 heavy (non-hydrogen) atoms. The molecule has 1 saturated heterocycles. The number of benzene rings is 1. The first kappa shape index (κ1) is 13.6. The average molecular weight is 246 g/mol. The van der Waals surface area contributed by atoms with Crippen molar-refractivity contribution < 1.29 is 0 Å². The van der Waals surface area contributed by atoms with E-state index in [9.17, 15) is 0 Å². The third-order valence-corrected chi connectivity index (χ3v) is 4.05. The quantitative estimate of drug-likeness (QED) is 0.853. The molecule has 0 radical (unpaired) electrons. The maximum absolute atomic E-state index is 3.75. The van der Waals surface area contributed by atoms with E-state index in [1.54, 1.807) is 0 Å². The Bertz CT molecular complexity index is 378. The SMILES string of the molecule is Cc1ccccc1C(C)(C)CNC1CCNCC1. The van der Waals surface area contributed by atoms with Gasteiger partial charge in [-0.25, -0.2) is 0 Å². The minimum atomic E-state index is 0.205. The van der Waals surface area contributed by atoms with Crippen molar-refractivity contribution in [1.29, 1.82) is 0 Å². The molecule has 0 aliphatic carbocycles. The summed E-state index contributed by atoms with van der Waals surface area (Å²) in [5.74, 6) is 0. The molecule has 2 nitrogen and oxygen atoms in total. The molecule has 0 saturated carbocycles. The monoisotopic (exact) mass is 246 g/mol. The van der Waals surface area contributed by atoms with Crippen molar-refractivity contribution in [2.75, 3.05) is 19.6 Å². The van der Waals surface area contributed by atoms with Crippen LogP contribution in [0.5, 0.6) is 0 Å². The van der Waals surface area contributed by atoms with Crippen LogP contribution in [0.3, 0.4) is 0 Å². The molecule has 1 aromatic carbocycles. The largest absolute Gasteiger partial charge is 0.317 e. The Balaban J connectivity index is 1.96. The van der Waals surface area contributed by atoms with Gasteiger partial charge in [0.15, 0.2) is 0 Å². The molecule has 0 aromatic heterocycles. The molecule has 100 valence electrons. The second kappa shape index (κ2) is 5.85. The summed E-state index contributed by atoms with van der Waals surface area (Å²) in [6.07, 6.45) is 2.51. The zero-order chi connectivity index (χ0) is 13.0. The summed E-state index contributed by atoms with van der Waals surface area (Å²) in [5, 5.41) is 7.16. The van der Waals surface area contributed by atoms with E-state index in [-0.39, 0.29) is 5.41 Å². The number of piperidine rings is 1. The molecule has 0 bridgehead atoms. The first-order valence-electron chi connectivity index (χ1n) is 7.10. The minimum absolute atomic E-state index is 0.205. The van der Waals surface area contributed by atoms with E-state index in [0.29, 0.717) is 6.04 Å². The molecule has 0 spiro atoms. The van der Waals surface area contributed by atoms with Gasteiger partial charge in [-0.3, -0.25) is 0 Å². The van der Waals surface area contributed by atoms with E-state index in [4.69, 9.17) is 0 Å². The predicted octanol–water partition coefficient (Wildman–Crippen LogP) is 2.61. The fraction of sp³-hybridized carbons (Fsp3) is 0.625. The van der Waals surface area contributed by atoms with E-state index in [2.05, 4.69) is 55.7 Å². The summed E-state index contributed by atoms with van der Waals surface area (Å²) < 4.78 is 0. The lowest BCUT2D eigenvalue weighted by Crippen LogP contribution is -2.44. The second-order valence-corrected chi connectivity index (χ2v) is 6.10. The molecule has 1 aliphatic heterocycles. The Morgan fingerprint density at radius 1 is 1.22 bits per heavy atom. The third-order valence-electron chi connectivity index (χ3n) is 4.05. The smallest absolute Gasteiger partial charge is 0.00915 e. The molecular weight excluding hydrogens is 220 g/mol. The van der Waals surface area contributed by atoms with Crippen molar-refractivity contribution in [2.24, 2.45) is 0 Å². The van der Waals surface area contributed by atoms with Crippen LogP contribution < -0.4 is 10.6 Å². The highest BCUT2D eigenvalue weighted by Crippen LogP contribution is 2.25. The highest BCUT2D eigenvalue weighted by molar-refractivity contribution is 5.32. The lowest BCUT2D eigenvalue weighted by molar-refractivity contribution is 0.351. The normalized spacial score (nSPS) is 17.9. The van der Waals surface area contributed by atoms with Crippen LogP contribution in [-0.4, -0.2) is 25.7 Å². The van der Waals surface area contributed by atoms with E-state index >= 15 is 0 Å². The van der Waals surface area contributed by atoms with Crippen LogP contribution in [0.2, 0.25) is 0 Å². The highest BCUT2D eigenvalue weighted by Gasteiger charge is 2.23. The first-order valence-corrected chi connectivity index (χ1v) is 7.10. The van der Waals surface area contributed by atoms with Crippen LogP contribution in [0.25, 0.3) is 0 Å². The van der Waals surface area contributed by atoms with Crippen molar-refractivity contribution in [3.63, 3.8) is 0 Å². The Morgan fingerprint density at radius 3 is 2.56 bits per heavy atom. The van der Waals surface area contributed by atoms with Crippen LogP contribution in [-0.2, 0) is 5.41 Å². The molecule has 0 atom stereocenters. The zero-order valence-corrected chi connectivity index (χ0v) is 11.9. The van der Waals surface area contributed by atoms with Gasteiger partial charge in [-0.15, -0.1) is 0 Å². The van der Waals surface area contributed by atoms with Gasteiger partial charge in [-0.05, 0) is 44.0 Å². The van der Waals surface area contributed by atoms with Crippen LogP contribution in [0.1, 0.15) is 37.8 Å². The highest BCUT2D eigenvalue weighted by atomic mass is 15.0. The van der Waals surface area contributed by atoms with Crippen molar-refractivity contribution in [3.05, 3.63) is 35.4 Å². The Morgan fingerprint density at radius 2 is 1.89 bits per heavy atom. The van der Waals surface area contributed by atoms with Gasteiger partial charge < -0.3 is 10.6 Å². The van der Waals surface area contributed by atoms with Crippen LogP contribution >= 0.6 is 0 Å². The van der Waals surface area contributed by atoms with Crippen molar-refractivity contribution in [3.8, 4) is 0 Å². The second-order valence-electron chi connectivity index (χ2n) is 6.10. The summed E-state index contributed by atoms with van der Waals surface area (Å²) >= 11 is 0. The van der Waals surface area contributed by atoms with Gasteiger partial charge in [0.1, 0.15) is 0 Å². The average Bonchev–Trinajstić information content (AvgIpc) is 2.38. The standard InChI is InChI=1S/C16H26N2/c1-13-6-4-5-7-15(13)16(2,3)12-18-14-8-10-17-11-9-14/h4-7,14,17-18H,8-12H2,1-3H3. The molecule has 1 aliphatic rings. The van der Waals surface area contributed by atoms with E-state index in [0.717, 1.165) is 19.6 Å². The number of hydrogen-bond donors (Lipinski definition) is 2. The van der Waals surface area contributed by atoms with Gasteiger partial charge >= 0.3 is 0 Å².